The van der Waals surface area contributed by atoms with Crippen molar-refractivity contribution >= 4 is 27.3 Å². The quantitative estimate of drug-likeness (QED) is 0.567. The van der Waals surface area contributed by atoms with Gasteiger partial charge in [-0.2, -0.15) is 4.31 Å². The Morgan fingerprint density at radius 2 is 1.85 bits per heavy atom. The number of ether oxygens (including phenoxy) is 2. The maximum atomic E-state index is 12.8. The van der Waals surface area contributed by atoms with Crippen molar-refractivity contribution < 1.29 is 22.8 Å². The Morgan fingerprint density at radius 3 is 2.54 bits per heavy atom. The molecule has 0 amide bonds. The minimum atomic E-state index is -4.09. The zero-order chi connectivity index (χ0) is 18.9. The summed E-state index contributed by atoms with van der Waals surface area (Å²) in [6.45, 7) is 0.890. The van der Waals surface area contributed by atoms with Crippen LogP contribution in [0.25, 0.3) is 0 Å². The molecule has 3 rings (SSSR count). The molecule has 1 aliphatic rings. The Kier molecular flexibility index (Phi) is 5.03. The van der Waals surface area contributed by atoms with Gasteiger partial charge < -0.3 is 9.47 Å². The fourth-order valence-electron chi connectivity index (χ4n) is 2.55. The summed E-state index contributed by atoms with van der Waals surface area (Å²) in [5.41, 5.74) is 0.100. The van der Waals surface area contributed by atoms with Crippen LogP contribution in [0.15, 0.2) is 41.3 Å². The van der Waals surface area contributed by atoms with Crippen molar-refractivity contribution in [1.29, 1.82) is 0 Å². The molecule has 2 aromatic rings. The number of halogens is 1. The van der Waals surface area contributed by atoms with Crippen molar-refractivity contribution in [2.24, 2.45) is 0 Å². The third kappa shape index (κ3) is 3.59. The maximum Gasteiger partial charge on any atom is 0.290 e. The molecule has 0 aliphatic carbocycles. The standard InChI is InChI=1S/C16H15ClN2O6S/c1-18(10-11-2-4-14-15(8-11)25-7-6-24-14)26(22,23)16-5-3-12(17)9-13(16)19(20)21/h2-5,8-9H,6-7,10H2,1H3. The lowest BCUT2D eigenvalue weighted by Crippen LogP contribution is -2.27. The lowest BCUT2D eigenvalue weighted by molar-refractivity contribution is -0.387. The molecule has 0 saturated heterocycles. The largest absolute Gasteiger partial charge is 0.486 e. The van der Waals surface area contributed by atoms with E-state index in [4.69, 9.17) is 21.1 Å². The number of rotatable bonds is 5. The van der Waals surface area contributed by atoms with Gasteiger partial charge in [-0.05, 0) is 29.8 Å². The second kappa shape index (κ2) is 7.10. The van der Waals surface area contributed by atoms with Crippen LogP contribution in [-0.4, -0.2) is 37.9 Å². The maximum absolute atomic E-state index is 12.8. The summed E-state index contributed by atoms with van der Waals surface area (Å²) < 4.78 is 37.5. The highest BCUT2D eigenvalue weighted by molar-refractivity contribution is 7.89. The Bertz CT molecular complexity index is 963. The van der Waals surface area contributed by atoms with Crippen LogP contribution < -0.4 is 9.47 Å². The lowest BCUT2D eigenvalue weighted by Gasteiger charge is -2.21. The minimum Gasteiger partial charge on any atom is -0.486 e. The summed E-state index contributed by atoms with van der Waals surface area (Å²) in [4.78, 5) is 10.0. The molecule has 8 nitrogen and oxygen atoms in total. The SMILES string of the molecule is CN(Cc1ccc2c(c1)OCCO2)S(=O)(=O)c1ccc(Cl)cc1[N+](=O)[O-]. The van der Waals surface area contributed by atoms with E-state index in [-0.39, 0.29) is 11.6 Å². The molecule has 0 fully saturated rings. The van der Waals surface area contributed by atoms with E-state index in [0.717, 1.165) is 16.4 Å². The van der Waals surface area contributed by atoms with E-state index in [1.165, 1.54) is 13.1 Å². The number of nitro groups is 1. The summed E-state index contributed by atoms with van der Waals surface area (Å²) >= 11 is 5.75. The molecule has 2 aromatic carbocycles. The van der Waals surface area contributed by atoms with Gasteiger partial charge in [0.25, 0.3) is 5.69 Å². The predicted octanol–water partition coefficient (Wildman–Crippen LogP) is 2.84. The van der Waals surface area contributed by atoms with Crippen molar-refractivity contribution in [2.75, 3.05) is 20.3 Å². The van der Waals surface area contributed by atoms with Crippen LogP contribution in [0, 0.1) is 10.1 Å². The number of hydrogen-bond acceptors (Lipinski definition) is 6. The van der Waals surface area contributed by atoms with Gasteiger partial charge in [0.05, 0.1) is 4.92 Å². The summed E-state index contributed by atoms with van der Waals surface area (Å²) in [6.07, 6.45) is 0. The number of sulfonamides is 1. The van der Waals surface area contributed by atoms with Crippen molar-refractivity contribution in [2.45, 2.75) is 11.4 Å². The van der Waals surface area contributed by atoms with Crippen molar-refractivity contribution in [1.82, 2.24) is 4.31 Å². The van der Waals surface area contributed by atoms with Crippen LogP contribution >= 0.6 is 11.6 Å². The Labute approximate surface area is 155 Å². The van der Waals surface area contributed by atoms with Crippen LogP contribution in [-0.2, 0) is 16.6 Å². The van der Waals surface area contributed by atoms with E-state index in [2.05, 4.69) is 0 Å². The molecule has 0 bridgehead atoms. The minimum absolute atomic E-state index is 0.0127. The molecule has 0 aromatic heterocycles. The number of benzene rings is 2. The highest BCUT2D eigenvalue weighted by Crippen LogP contribution is 2.33. The molecular weight excluding hydrogens is 384 g/mol. The van der Waals surface area contributed by atoms with Gasteiger partial charge >= 0.3 is 0 Å². The molecule has 0 saturated carbocycles. The van der Waals surface area contributed by atoms with E-state index in [1.54, 1.807) is 18.2 Å². The van der Waals surface area contributed by atoms with Crippen LogP contribution in [0.1, 0.15) is 5.56 Å². The summed E-state index contributed by atoms with van der Waals surface area (Å²) in [6, 6.07) is 8.57. The first-order chi connectivity index (χ1) is 12.3. The zero-order valence-electron chi connectivity index (χ0n) is 13.7. The Morgan fingerprint density at radius 1 is 1.15 bits per heavy atom. The van der Waals surface area contributed by atoms with Gasteiger partial charge in [0.2, 0.25) is 10.0 Å². The van der Waals surface area contributed by atoms with Gasteiger partial charge in [0.1, 0.15) is 13.2 Å². The molecule has 0 unspecified atom stereocenters. The van der Waals surface area contributed by atoms with Gasteiger partial charge in [0, 0.05) is 24.7 Å². The van der Waals surface area contributed by atoms with Gasteiger partial charge in [-0.15, -0.1) is 0 Å². The third-order valence-corrected chi connectivity index (χ3v) is 5.90. The number of fused-ring (bicyclic) bond motifs is 1. The van der Waals surface area contributed by atoms with Crippen LogP contribution in [0.2, 0.25) is 5.02 Å². The summed E-state index contributed by atoms with van der Waals surface area (Å²) in [5, 5.41) is 11.3. The molecular formula is C16H15ClN2O6S. The second-order valence-electron chi connectivity index (χ2n) is 5.61. The first kappa shape index (κ1) is 18.4. The van der Waals surface area contributed by atoms with Crippen LogP contribution in [0.3, 0.4) is 0 Å². The van der Waals surface area contributed by atoms with Crippen molar-refractivity contribution in [3.05, 3.63) is 57.1 Å². The van der Waals surface area contributed by atoms with E-state index >= 15 is 0 Å². The highest BCUT2D eigenvalue weighted by Gasteiger charge is 2.30. The van der Waals surface area contributed by atoms with E-state index in [0.29, 0.717) is 30.3 Å². The van der Waals surface area contributed by atoms with Gasteiger partial charge in [-0.3, -0.25) is 10.1 Å². The van der Waals surface area contributed by atoms with Gasteiger partial charge in [-0.25, -0.2) is 8.42 Å². The molecule has 0 N–H and O–H groups in total. The van der Waals surface area contributed by atoms with Crippen LogP contribution in [0.5, 0.6) is 11.5 Å². The predicted molar refractivity (Wildman–Crippen MR) is 94.2 cm³/mol. The molecule has 138 valence electrons. The fourth-order valence-corrected chi connectivity index (χ4v) is 4.01. The monoisotopic (exact) mass is 398 g/mol. The average Bonchev–Trinajstić information content (AvgIpc) is 2.61. The summed E-state index contributed by atoms with van der Waals surface area (Å²) in [7, 11) is -2.74. The smallest absolute Gasteiger partial charge is 0.290 e. The molecule has 1 aliphatic heterocycles. The first-order valence-corrected chi connectivity index (χ1v) is 9.39. The van der Waals surface area contributed by atoms with E-state index < -0.39 is 25.5 Å². The van der Waals surface area contributed by atoms with Gasteiger partial charge in [-0.1, -0.05) is 17.7 Å². The Balaban J connectivity index is 1.90. The fraction of sp³-hybridized carbons (Fsp3) is 0.250. The van der Waals surface area contributed by atoms with Gasteiger partial charge in [0.15, 0.2) is 16.4 Å². The zero-order valence-corrected chi connectivity index (χ0v) is 15.3. The van der Waals surface area contributed by atoms with Crippen molar-refractivity contribution in [3.8, 4) is 11.5 Å². The summed E-state index contributed by atoms with van der Waals surface area (Å²) in [5.74, 6) is 1.14. The number of nitro benzene ring substituents is 1. The topological polar surface area (TPSA) is 99.0 Å². The molecule has 1 heterocycles. The van der Waals surface area contributed by atoms with E-state index in [9.17, 15) is 18.5 Å². The molecule has 0 radical (unpaired) electrons. The number of nitrogens with zero attached hydrogens (tertiary/aromatic N) is 2. The second-order valence-corrected chi connectivity index (χ2v) is 8.06. The Hall–Kier alpha value is -2.36. The van der Waals surface area contributed by atoms with E-state index in [1.807, 2.05) is 0 Å². The molecule has 0 atom stereocenters. The molecule has 0 spiro atoms. The normalized spacial score (nSPS) is 13.7. The molecule has 26 heavy (non-hydrogen) atoms. The lowest BCUT2D eigenvalue weighted by atomic mass is 10.2. The molecule has 10 heteroatoms. The third-order valence-electron chi connectivity index (χ3n) is 3.82. The average molecular weight is 399 g/mol. The van der Waals surface area contributed by atoms with Crippen molar-refractivity contribution in [3.63, 3.8) is 0 Å². The number of hydrogen-bond donors (Lipinski definition) is 0. The highest BCUT2D eigenvalue weighted by atomic mass is 35.5. The first-order valence-electron chi connectivity index (χ1n) is 7.58. The van der Waals surface area contributed by atoms with Crippen LogP contribution in [0.4, 0.5) is 5.69 Å².